The number of pyridine rings is 2. The van der Waals surface area contributed by atoms with Gasteiger partial charge in [0.05, 0.1) is 30.1 Å². The molecule has 1 atom stereocenters. The van der Waals surface area contributed by atoms with Crippen molar-refractivity contribution in [2.45, 2.75) is 19.1 Å². The minimum atomic E-state index is -1.11. The van der Waals surface area contributed by atoms with E-state index in [-0.39, 0.29) is 24.5 Å². The van der Waals surface area contributed by atoms with Crippen LogP contribution in [-0.4, -0.2) is 49.1 Å². The number of fused-ring (bicyclic) bond motifs is 1. The Morgan fingerprint density at radius 1 is 0.978 bits per heavy atom. The van der Waals surface area contributed by atoms with Crippen molar-refractivity contribution in [1.29, 1.82) is 0 Å². The summed E-state index contributed by atoms with van der Waals surface area (Å²) in [6, 6.07) is 24.8. The van der Waals surface area contributed by atoms with Crippen LogP contribution in [0.2, 0.25) is 0 Å². The zero-order chi connectivity index (χ0) is 31.2. The Bertz CT molecular complexity index is 1950. The molecule has 12 heteroatoms. The number of hydrogen-bond donors (Lipinski definition) is 1. The molecule has 1 N–H and O–H groups in total. The van der Waals surface area contributed by atoms with Crippen molar-refractivity contribution in [2.24, 2.45) is 0 Å². The van der Waals surface area contributed by atoms with Gasteiger partial charge in [-0.15, -0.1) is 10.2 Å². The predicted octanol–water partition coefficient (Wildman–Crippen LogP) is 4.52. The summed E-state index contributed by atoms with van der Waals surface area (Å²) in [5.74, 6) is -0.746. The van der Waals surface area contributed by atoms with Crippen LogP contribution in [-0.2, 0) is 22.7 Å². The number of tetrazole rings is 1. The van der Waals surface area contributed by atoms with Crippen LogP contribution >= 0.6 is 0 Å². The normalized spacial score (nSPS) is 11.6. The second-order valence-corrected chi connectivity index (χ2v) is 10.0. The summed E-state index contributed by atoms with van der Waals surface area (Å²) < 4.78 is 19.6. The Morgan fingerprint density at radius 3 is 2.51 bits per heavy atom. The van der Waals surface area contributed by atoms with Crippen molar-refractivity contribution < 1.29 is 18.7 Å². The third-order valence-electron chi connectivity index (χ3n) is 7.12. The van der Waals surface area contributed by atoms with Crippen molar-refractivity contribution in [2.75, 3.05) is 12.0 Å². The van der Waals surface area contributed by atoms with Gasteiger partial charge < -0.3 is 10.1 Å². The van der Waals surface area contributed by atoms with Gasteiger partial charge in [-0.3, -0.25) is 24.5 Å². The first-order chi connectivity index (χ1) is 22.0. The number of aromatic nitrogens is 6. The Morgan fingerprint density at radius 2 is 1.73 bits per heavy atom. The predicted molar refractivity (Wildman–Crippen MR) is 164 cm³/mol. The smallest absolute Gasteiger partial charge is 0.251 e. The number of carbonyl (C=O) groups is 2. The number of halogens is 1. The molecule has 2 amide bonds. The zero-order valence-corrected chi connectivity index (χ0v) is 24.1. The molecule has 6 rings (SSSR count). The minimum Gasteiger partial charge on any atom is -0.497 e. The number of methoxy groups -OCH3 is 1. The summed E-state index contributed by atoms with van der Waals surface area (Å²) >= 11 is 0. The van der Waals surface area contributed by atoms with E-state index in [0.717, 1.165) is 21.3 Å². The number of nitrogens with one attached hydrogen (secondary N) is 1. The van der Waals surface area contributed by atoms with Gasteiger partial charge in [-0.1, -0.05) is 42.5 Å². The molecule has 0 aliphatic heterocycles. The fraction of sp³-hybridized carbons (Fsp3) is 0.121. The van der Waals surface area contributed by atoms with Gasteiger partial charge in [0, 0.05) is 24.3 Å². The molecule has 3 aromatic carbocycles. The van der Waals surface area contributed by atoms with Crippen molar-refractivity contribution in [3.05, 3.63) is 127 Å². The van der Waals surface area contributed by atoms with E-state index in [9.17, 15) is 14.0 Å². The molecule has 0 spiro atoms. The van der Waals surface area contributed by atoms with Crippen molar-refractivity contribution in [3.8, 4) is 17.1 Å². The third kappa shape index (κ3) is 6.49. The van der Waals surface area contributed by atoms with E-state index in [4.69, 9.17) is 4.74 Å². The molecular weight excluding hydrogens is 575 g/mol. The maximum Gasteiger partial charge on any atom is 0.251 e. The summed E-state index contributed by atoms with van der Waals surface area (Å²) in [6.07, 6.45) is 4.66. The van der Waals surface area contributed by atoms with E-state index < -0.39 is 23.7 Å². The molecule has 0 aliphatic rings. The molecule has 0 bridgehead atoms. The molecule has 11 nitrogen and oxygen atoms in total. The van der Waals surface area contributed by atoms with Crippen LogP contribution in [0.5, 0.6) is 5.75 Å². The molecule has 45 heavy (non-hydrogen) atoms. The van der Waals surface area contributed by atoms with E-state index in [1.165, 1.54) is 17.0 Å². The number of benzene rings is 3. The molecule has 0 aliphatic carbocycles. The highest BCUT2D eigenvalue weighted by Crippen LogP contribution is 2.30. The van der Waals surface area contributed by atoms with Gasteiger partial charge in [0.15, 0.2) is 0 Å². The Balaban J connectivity index is 1.37. The average Bonchev–Trinajstić information content (AvgIpc) is 3.54. The number of rotatable bonds is 10. The maximum atomic E-state index is 14.4. The summed E-state index contributed by atoms with van der Waals surface area (Å²) in [7, 11) is 1.58. The highest BCUT2D eigenvalue weighted by atomic mass is 19.1. The second kappa shape index (κ2) is 13.1. The molecule has 0 saturated heterocycles. The first-order valence-corrected chi connectivity index (χ1v) is 14.0. The number of hydrogen-bond acceptors (Lipinski definition) is 8. The SMILES string of the molecule is COc1ccc(CNC(=O)C(c2ccncc2)N(C(=O)Cn2nnc(-c3ccccc3F)n2)c2cnc3ccccc3c2)cc1. The quantitative estimate of drug-likeness (QED) is 0.242. The number of para-hydroxylation sites is 1. The fourth-order valence-corrected chi connectivity index (χ4v) is 4.88. The van der Waals surface area contributed by atoms with E-state index in [0.29, 0.717) is 17.0 Å². The average molecular weight is 603 g/mol. The lowest BCUT2D eigenvalue weighted by atomic mass is 10.0. The third-order valence-corrected chi connectivity index (χ3v) is 7.12. The van der Waals surface area contributed by atoms with Crippen LogP contribution < -0.4 is 15.0 Å². The summed E-state index contributed by atoms with van der Waals surface area (Å²) in [5, 5.41) is 15.9. The lowest BCUT2D eigenvalue weighted by Gasteiger charge is -2.31. The number of carbonyl (C=O) groups excluding carboxylic acids is 2. The Hall–Kier alpha value is -6.04. The molecule has 3 heterocycles. The number of nitrogens with zero attached hydrogens (tertiary/aromatic N) is 7. The van der Waals surface area contributed by atoms with Crippen LogP contribution in [0.25, 0.3) is 22.3 Å². The number of anilines is 1. The van der Waals surface area contributed by atoms with Gasteiger partial charge in [0.25, 0.3) is 5.91 Å². The monoisotopic (exact) mass is 602 g/mol. The van der Waals surface area contributed by atoms with Gasteiger partial charge in [-0.05, 0) is 64.9 Å². The van der Waals surface area contributed by atoms with Gasteiger partial charge in [0.1, 0.15) is 24.2 Å². The summed E-state index contributed by atoms with van der Waals surface area (Å²) in [6.45, 7) is -0.180. The standard InChI is InChI=1S/C33H27FN8O3/c1-45-26-12-10-22(11-13-26)19-37-33(44)31(23-14-16-35-17-15-23)42(25-18-24-6-2-5-9-29(24)36-20-25)30(43)21-41-39-32(38-40-41)27-7-3-4-8-28(27)34/h2-18,20,31H,19,21H2,1H3,(H,37,44). The molecule has 1 unspecified atom stereocenters. The van der Waals surface area contributed by atoms with E-state index in [1.807, 2.05) is 36.4 Å². The summed E-state index contributed by atoms with van der Waals surface area (Å²) in [5.41, 5.74) is 2.63. The van der Waals surface area contributed by atoms with Crippen LogP contribution in [0.1, 0.15) is 17.2 Å². The topological polar surface area (TPSA) is 128 Å². The second-order valence-electron chi connectivity index (χ2n) is 10.0. The molecule has 0 fully saturated rings. The molecular formula is C33H27FN8O3. The van der Waals surface area contributed by atoms with Crippen LogP contribution in [0.4, 0.5) is 10.1 Å². The molecule has 224 valence electrons. The number of amides is 2. The Labute approximate surface area is 257 Å². The first kappa shape index (κ1) is 29.1. The zero-order valence-electron chi connectivity index (χ0n) is 24.1. The largest absolute Gasteiger partial charge is 0.497 e. The number of ether oxygens (including phenoxy) is 1. The fourth-order valence-electron chi connectivity index (χ4n) is 4.88. The van der Waals surface area contributed by atoms with Gasteiger partial charge in [-0.2, -0.15) is 4.80 Å². The highest BCUT2D eigenvalue weighted by molar-refractivity contribution is 6.02. The van der Waals surface area contributed by atoms with Crippen molar-refractivity contribution in [1.82, 2.24) is 35.5 Å². The molecule has 3 aromatic heterocycles. The molecule has 6 aromatic rings. The van der Waals surface area contributed by atoms with Crippen LogP contribution in [0, 0.1) is 5.82 Å². The van der Waals surface area contributed by atoms with E-state index in [1.54, 1.807) is 68.2 Å². The first-order valence-electron chi connectivity index (χ1n) is 14.0. The minimum absolute atomic E-state index is 0.0303. The van der Waals surface area contributed by atoms with E-state index in [2.05, 4.69) is 30.7 Å². The van der Waals surface area contributed by atoms with Crippen LogP contribution in [0.3, 0.4) is 0 Å². The molecule has 0 radical (unpaired) electrons. The summed E-state index contributed by atoms with van der Waals surface area (Å²) in [4.78, 5) is 39.3. The van der Waals surface area contributed by atoms with Crippen molar-refractivity contribution >= 4 is 28.4 Å². The lowest BCUT2D eigenvalue weighted by Crippen LogP contribution is -2.45. The molecule has 0 saturated carbocycles. The van der Waals surface area contributed by atoms with E-state index >= 15 is 0 Å². The highest BCUT2D eigenvalue weighted by Gasteiger charge is 2.34. The maximum absolute atomic E-state index is 14.4. The lowest BCUT2D eigenvalue weighted by molar-refractivity contribution is -0.127. The van der Waals surface area contributed by atoms with Crippen molar-refractivity contribution in [3.63, 3.8) is 0 Å². The Kier molecular flexibility index (Phi) is 8.45. The van der Waals surface area contributed by atoms with Crippen LogP contribution in [0.15, 0.2) is 110 Å². The van der Waals surface area contributed by atoms with Gasteiger partial charge in [-0.25, -0.2) is 4.39 Å². The van der Waals surface area contributed by atoms with Gasteiger partial charge >= 0.3 is 0 Å². The van der Waals surface area contributed by atoms with Gasteiger partial charge in [0.2, 0.25) is 11.7 Å².